The molecule has 0 aliphatic rings. The van der Waals surface area contributed by atoms with E-state index < -0.39 is 6.17 Å². The summed E-state index contributed by atoms with van der Waals surface area (Å²) in [6.07, 6.45) is 8.86. The van der Waals surface area contributed by atoms with E-state index >= 15 is 0 Å². The minimum Gasteiger partial charge on any atom is -0.248 e. The molecular formula is C26H27F. The first-order valence-corrected chi connectivity index (χ1v) is 9.70. The van der Waals surface area contributed by atoms with E-state index in [1.54, 1.807) is 6.92 Å². The molecule has 0 heterocycles. The van der Waals surface area contributed by atoms with Crippen LogP contribution in [0.4, 0.5) is 4.39 Å². The Hall–Kier alpha value is -2.67. The zero-order valence-corrected chi connectivity index (χ0v) is 16.0. The van der Waals surface area contributed by atoms with Gasteiger partial charge in [0.2, 0.25) is 0 Å². The maximum atomic E-state index is 12.8. The minimum atomic E-state index is -0.701. The lowest BCUT2D eigenvalue weighted by Gasteiger charge is -2.06. The van der Waals surface area contributed by atoms with Crippen LogP contribution >= 0.6 is 0 Å². The van der Waals surface area contributed by atoms with Gasteiger partial charge in [0.1, 0.15) is 0 Å². The highest BCUT2D eigenvalue weighted by molar-refractivity contribution is 5.88. The molecule has 0 aliphatic carbocycles. The molecule has 0 aromatic heterocycles. The van der Waals surface area contributed by atoms with Crippen molar-refractivity contribution in [3.63, 3.8) is 0 Å². The van der Waals surface area contributed by atoms with Crippen molar-refractivity contribution in [2.24, 2.45) is 0 Å². The van der Waals surface area contributed by atoms with Crippen molar-refractivity contribution in [3.05, 3.63) is 90.5 Å². The highest BCUT2D eigenvalue weighted by atomic mass is 19.1. The zero-order chi connectivity index (χ0) is 19.1. The Labute approximate surface area is 162 Å². The summed E-state index contributed by atoms with van der Waals surface area (Å²) in [6.45, 7) is 5.43. The third-order valence-corrected chi connectivity index (χ3v) is 4.81. The SMILES string of the molecule is C=CCc1ccc2cc(-c3ccc(/C=C/CCCC(C)F)cc3)ccc2c1. The molecule has 138 valence electrons. The number of allylic oxidation sites excluding steroid dienone is 2. The van der Waals surface area contributed by atoms with E-state index in [0.29, 0.717) is 6.42 Å². The molecule has 3 aromatic carbocycles. The van der Waals surface area contributed by atoms with Crippen molar-refractivity contribution < 1.29 is 4.39 Å². The van der Waals surface area contributed by atoms with E-state index in [2.05, 4.69) is 79.4 Å². The van der Waals surface area contributed by atoms with Gasteiger partial charge < -0.3 is 0 Å². The Kier molecular flexibility index (Phi) is 6.59. The predicted octanol–water partition coefficient (Wildman–Crippen LogP) is 7.78. The van der Waals surface area contributed by atoms with E-state index in [1.165, 1.54) is 33.0 Å². The number of fused-ring (bicyclic) bond motifs is 1. The van der Waals surface area contributed by atoms with Gasteiger partial charge in [-0.3, -0.25) is 0 Å². The smallest absolute Gasteiger partial charge is 0.0973 e. The summed E-state index contributed by atoms with van der Waals surface area (Å²) in [5.74, 6) is 0. The molecule has 0 nitrogen and oxygen atoms in total. The second kappa shape index (κ2) is 9.32. The van der Waals surface area contributed by atoms with Crippen LogP contribution in [0.15, 0.2) is 79.4 Å². The van der Waals surface area contributed by atoms with Crippen molar-refractivity contribution in [2.45, 2.75) is 38.8 Å². The van der Waals surface area contributed by atoms with Gasteiger partial charge in [-0.05, 0) is 71.7 Å². The summed E-state index contributed by atoms with van der Waals surface area (Å²) in [6, 6.07) is 21.8. The predicted molar refractivity (Wildman–Crippen MR) is 117 cm³/mol. The molecule has 0 N–H and O–H groups in total. The second-order valence-corrected chi connectivity index (χ2v) is 7.13. The van der Waals surface area contributed by atoms with Crippen LogP contribution in [-0.4, -0.2) is 6.17 Å². The van der Waals surface area contributed by atoms with Gasteiger partial charge in [0.05, 0.1) is 6.17 Å². The van der Waals surface area contributed by atoms with Gasteiger partial charge >= 0.3 is 0 Å². The van der Waals surface area contributed by atoms with Gasteiger partial charge in [-0.1, -0.05) is 72.8 Å². The van der Waals surface area contributed by atoms with Crippen molar-refractivity contribution in [2.75, 3.05) is 0 Å². The molecule has 1 heteroatoms. The zero-order valence-electron chi connectivity index (χ0n) is 16.0. The Balaban J connectivity index is 1.70. The Bertz CT molecular complexity index is 917. The van der Waals surface area contributed by atoms with Crippen LogP contribution in [-0.2, 0) is 6.42 Å². The highest BCUT2D eigenvalue weighted by Gasteiger charge is 2.01. The molecule has 0 saturated heterocycles. The first-order valence-electron chi connectivity index (χ1n) is 9.70. The molecule has 3 aromatic rings. The number of halogens is 1. The van der Waals surface area contributed by atoms with Crippen LogP contribution in [0.1, 0.15) is 37.3 Å². The monoisotopic (exact) mass is 358 g/mol. The van der Waals surface area contributed by atoms with Gasteiger partial charge in [0.15, 0.2) is 0 Å². The fraction of sp³-hybridized carbons (Fsp3) is 0.231. The van der Waals surface area contributed by atoms with Crippen molar-refractivity contribution in [3.8, 4) is 11.1 Å². The van der Waals surface area contributed by atoms with E-state index in [-0.39, 0.29) is 0 Å². The largest absolute Gasteiger partial charge is 0.248 e. The average molecular weight is 358 g/mol. The summed E-state index contributed by atoms with van der Waals surface area (Å²) >= 11 is 0. The normalized spacial score (nSPS) is 12.5. The van der Waals surface area contributed by atoms with Gasteiger partial charge in [-0.2, -0.15) is 0 Å². The lowest BCUT2D eigenvalue weighted by atomic mass is 9.98. The second-order valence-electron chi connectivity index (χ2n) is 7.13. The maximum Gasteiger partial charge on any atom is 0.0973 e. The molecule has 1 unspecified atom stereocenters. The first kappa shape index (κ1) is 19.1. The molecule has 1 atom stereocenters. The molecule has 0 saturated carbocycles. The first-order chi connectivity index (χ1) is 13.2. The van der Waals surface area contributed by atoms with E-state index in [0.717, 1.165) is 19.3 Å². The number of benzene rings is 3. The molecule has 27 heavy (non-hydrogen) atoms. The number of hydrogen-bond acceptors (Lipinski definition) is 0. The molecule has 0 amide bonds. The summed E-state index contributed by atoms with van der Waals surface area (Å²) < 4.78 is 12.8. The summed E-state index contributed by atoms with van der Waals surface area (Å²) in [5.41, 5.74) is 4.92. The maximum absolute atomic E-state index is 12.8. The number of hydrogen-bond donors (Lipinski definition) is 0. The van der Waals surface area contributed by atoms with Crippen LogP contribution in [0.2, 0.25) is 0 Å². The standard InChI is InChI=1S/C26H27F/c1-3-7-22-12-15-26-19-25(17-16-24(26)18-22)23-13-10-21(11-14-23)9-6-4-5-8-20(2)27/h3,6,9-20H,1,4-5,7-8H2,2H3/b9-6+. The summed E-state index contributed by atoms with van der Waals surface area (Å²) in [4.78, 5) is 0. The molecule has 0 aliphatic heterocycles. The molecule has 0 radical (unpaired) electrons. The lowest BCUT2D eigenvalue weighted by Crippen LogP contribution is -1.90. The Morgan fingerprint density at radius 2 is 1.63 bits per heavy atom. The van der Waals surface area contributed by atoms with E-state index in [4.69, 9.17) is 0 Å². The third kappa shape index (κ3) is 5.40. The van der Waals surface area contributed by atoms with Gasteiger partial charge in [-0.15, -0.1) is 6.58 Å². The van der Waals surface area contributed by atoms with E-state index in [9.17, 15) is 4.39 Å². The third-order valence-electron chi connectivity index (χ3n) is 4.81. The van der Waals surface area contributed by atoms with Crippen molar-refractivity contribution in [1.29, 1.82) is 0 Å². The van der Waals surface area contributed by atoms with Gasteiger partial charge in [0, 0.05) is 0 Å². The van der Waals surface area contributed by atoms with Crippen molar-refractivity contribution >= 4 is 16.8 Å². The van der Waals surface area contributed by atoms with Crippen molar-refractivity contribution in [1.82, 2.24) is 0 Å². The van der Waals surface area contributed by atoms with Crippen LogP contribution in [0.25, 0.3) is 28.0 Å². The van der Waals surface area contributed by atoms with Gasteiger partial charge in [-0.25, -0.2) is 4.39 Å². The topological polar surface area (TPSA) is 0 Å². The molecule has 0 bridgehead atoms. The number of alkyl halides is 1. The fourth-order valence-electron chi connectivity index (χ4n) is 3.29. The fourth-order valence-corrected chi connectivity index (χ4v) is 3.29. The molecule has 0 fully saturated rings. The molecular weight excluding hydrogens is 331 g/mol. The van der Waals surface area contributed by atoms with Crippen LogP contribution in [0.3, 0.4) is 0 Å². The molecule has 0 spiro atoms. The number of unbranched alkanes of at least 4 members (excludes halogenated alkanes) is 1. The minimum absolute atomic E-state index is 0.639. The highest BCUT2D eigenvalue weighted by Crippen LogP contribution is 2.26. The quantitative estimate of drug-likeness (QED) is 0.285. The lowest BCUT2D eigenvalue weighted by molar-refractivity contribution is 0.335. The summed E-state index contributed by atoms with van der Waals surface area (Å²) in [7, 11) is 0. The Morgan fingerprint density at radius 3 is 2.37 bits per heavy atom. The van der Waals surface area contributed by atoms with Crippen LogP contribution < -0.4 is 0 Å². The molecule has 3 rings (SSSR count). The number of rotatable bonds is 8. The van der Waals surface area contributed by atoms with Gasteiger partial charge in [0.25, 0.3) is 0 Å². The Morgan fingerprint density at radius 1 is 0.926 bits per heavy atom. The van der Waals surface area contributed by atoms with E-state index in [1.807, 2.05) is 6.08 Å². The van der Waals surface area contributed by atoms with Crippen LogP contribution in [0.5, 0.6) is 0 Å². The summed E-state index contributed by atoms with van der Waals surface area (Å²) in [5, 5.41) is 2.52. The van der Waals surface area contributed by atoms with Crippen LogP contribution in [0, 0.1) is 0 Å². The average Bonchev–Trinajstić information content (AvgIpc) is 2.68.